The van der Waals surface area contributed by atoms with Crippen molar-refractivity contribution in [2.24, 2.45) is 4.99 Å². The van der Waals surface area contributed by atoms with E-state index in [0.717, 1.165) is 31.1 Å². The molecule has 0 bridgehead atoms. The van der Waals surface area contributed by atoms with Crippen LogP contribution in [0.25, 0.3) is 16.8 Å². The van der Waals surface area contributed by atoms with Crippen LogP contribution in [0.3, 0.4) is 0 Å². The van der Waals surface area contributed by atoms with E-state index in [2.05, 4.69) is 66.4 Å². The SMILES string of the molecule is COc1cc(/C=C2/SC(=Nc3ccc(Br)cc3)NC2=O)cc(Br)c1OCc1cccc2ccccc12. The maximum absolute atomic E-state index is 12.5. The van der Waals surface area contributed by atoms with Gasteiger partial charge in [0.25, 0.3) is 5.91 Å². The molecule has 0 saturated carbocycles. The number of ether oxygens (including phenoxy) is 2. The lowest BCUT2D eigenvalue weighted by molar-refractivity contribution is -0.115. The molecule has 0 atom stereocenters. The summed E-state index contributed by atoms with van der Waals surface area (Å²) in [5.41, 5.74) is 2.66. The fourth-order valence-corrected chi connectivity index (χ4v) is 5.48. The standard InChI is InChI=1S/C28H20Br2N2O3S/c1-34-24-14-17(15-25-27(33)32-28(36-25)31-21-11-9-20(29)10-12-21)13-23(30)26(24)35-16-19-7-4-6-18-5-2-3-8-22(18)19/h2-15H,16H2,1H3,(H,31,32,33)/b25-15+. The van der Waals surface area contributed by atoms with Crippen molar-refractivity contribution in [1.29, 1.82) is 0 Å². The highest BCUT2D eigenvalue weighted by Gasteiger charge is 2.24. The predicted molar refractivity (Wildman–Crippen MR) is 154 cm³/mol. The molecule has 4 aromatic rings. The Morgan fingerprint density at radius 2 is 1.78 bits per heavy atom. The molecular weight excluding hydrogens is 604 g/mol. The number of rotatable bonds is 6. The number of benzene rings is 4. The van der Waals surface area contributed by atoms with Gasteiger partial charge in [-0.2, -0.15) is 0 Å². The van der Waals surface area contributed by atoms with Crippen LogP contribution in [0.2, 0.25) is 0 Å². The van der Waals surface area contributed by atoms with Gasteiger partial charge in [0.05, 0.1) is 22.2 Å². The van der Waals surface area contributed by atoms with Gasteiger partial charge in [0.2, 0.25) is 0 Å². The Kier molecular flexibility index (Phi) is 7.46. The van der Waals surface area contributed by atoms with Crippen LogP contribution in [-0.2, 0) is 11.4 Å². The largest absolute Gasteiger partial charge is 0.493 e. The number of fused-ring (bicyclic) bond motifs is 1. The molecule has 1 aliphatic rings. The van der Waals surface area contributed by atoms with E-state index in [1.807, 2.05) is 60.7 Å². The molecule has 5 nitrogen and oxygen atoms in total. The van der Waals surface area contributed by atoms with E-state index in [1.54, 1.807) is 7.11 Å². The number of thioether (sulfide) groups is 1. The van der Waals surface area contributed by atoms with Crippen LogP contribution in [0.1, 0.15) is 11.1 Å². The van der Waals surface area contributed by atoms with E-state index in [9.17, 15) is 4.79 Å². The third-order valence-electron chi connectivity index (χ3n) is 5.51. The van der Waals surface area contributed by atoms with Crippen LogP contribution in [0.5, 0.6) is 11.5 Å². The van der Waals surface area contributed by atoms with E-state index < -0.39 is 0 Å². The van der Waals surface area contributed by atoms with Gasteiger partial charge in [-0.05, 0) is 92.1 Å². The number of amides is 1. The van der Waals surface area contributed by atoms with Gasteiger partial charge in [-0.15, -0.1) is 0 Å². The first-order valence-corrected chi connectivity index (χ1v) is 13.4. The van der Waals surface area contributed by atoms with Gasteiger partial charge < -0.3 is 14.8 Å². The molecule has 1 aliphatic heterocycles. The van der Waals surface area contributed by atoms with Gasteiger partial charge in [0.15, 0.2) is 16.7 Å². The van der Waals surface area contributed by atoms with Crippen molar-refractivity contribution in [1.82, 2.24) is 5.32 Å². The molecule has 1 fully saturated rings. The Hall–Kier alpha value is -3.07. The minimum absolute atomic E-state index is 0.192. The topological polar surface area (TPSA) is 59.9 Å². The lowest BCUT2D eigenvalue weighted by atomic mass is 10.1. The summed E-state index contributed by atoms with van der Waals surface area (Å²) >= 11 is 8.33. The Balaban J connectivity index is 1.36. The van der Waals surface area contributed by atoms with Crippen LogP contribution in [-0.4, -0.2) is 18.2 Å². The zero-order valence-corrected chi connectivity index (χ0v) is 23.1. The van der Waals surface area contributed by atoms with Crippen molar-refractivity contribution in [2.75, 3.05) is 7.11 Å². The Labute approximate surface area is 229 Å². The minimum atomic E-state index is -0.192. The van der Waals surface area contributed by atoms with Gasteiger partial charge in [0, 0.05) is 4.47 Å². The summed E-state index contributed by atoms with van der Waals surface area (Å²) in [5.74, 6) is 0.986. The summed E-state index contributed by atoms with van der Waals surface area (Å²) in [5, 5.41) is 5.68. The van der Waals surface area contributed by atoms with Crippen molar-refractivity contribution >= 4 is 77.2 Å². The summed E-state index contributed by atoms with van der Waals surface area (Å²) in [4.78, 5) is 17.6. The average Bonchev–Trinajstić information content (AvgIpc) is 3.22. The molecular formula is C28H20Br2N2O3S. The fourth-order valence-electron chi connectivity index (χ4n) is 3.80. The Morgan fingerprint density at radius 1 is 1.00 bits per heavy atom. The fraction of sp³-hybridized carbons (Fsp3) is 0.0714. The number of nitrogens with one attached hydrogen (secondary N) is 1. The molecule has 36 heavy (non-hydrogen) atoms. The molecule has 1 saturated heterocycles. The highest BCUT2D eigenvalue weighted by molar-refractivity contribution is 9.10. The number of carbonyl (C=O) groups is 1. The number of amidine groups is 1. The van der Waals surface area contributed by atoms with Crippen LogP contribution < -0.4 is 14.8 Å². The molecule has 0 unspecified atom stereocenters. The van der Waals surface area contributed by atoms with Crippen LogP contribution in [0, 0.1) is 0 Å². The minimum Gasteiger partial charge on any atom is -0.493 e. The van der Waals surface area contributed by atoms with Gasteiger partial charge >= 0.3 is 0 Å². The first-order chi connectivity index (χ1) is 17.5. The summed E-state index contributed by atoms with van der Waals surface area (Å²) in [6, 6.07) is 25.7. The zero-order valence-electron chi connectivity index (χ0n) is 19.1. The Bertz CT molecular complexity index is 1510. The molecule has 5 rings (SSSR count). The van der Waals surface area contributed by atoms with Crippen molar-refractivity contribution < 1.29 is 14.3 Å². The van der Waals surface area contributed by atoms with Crippen molar-refractivity contribution in [2.45, 2.75) is 6.61 Å². The monoisotopic (exact) mass is 622 g/mol. The van der Waals surface area contributed by atoms with Crippen molar-refractivity contribution in [3.8, 4) is 11.5 Å². The number of aliphatic imine (C=N–C) groups is 1. The number of hydrogen-bond donors (Lipinski definition) is 1. The second-order valence-electron chi connectivity index (χ2n) is 7.92. The summed E-state index contributed by atoms with van der Waals surface area (Å²) in [6.45, 7) is 0.394. The number of methoxy groups -OCH3 is 1. The van der Waals surface area contributed by atoms with E-state index in [1.165, 1.54) is 17.1 Å². The predicted octanol–water partition coefficient (Wildman–Crippen LogP) is 7.84. The van der Waals surface area contributed by atoms with Crippen LogP contribution >= 0.6 is 43.6 Å². The van der Waals surface area contributed by atoms with Crippen LogP contribution in [0.15, 0.2) is 97.7 Å². The number of hydrogen-bond acceptors (Lipinski definition) is 5. The summed E-state index contributed by atoms with van der Waals surface area (Å²) in [6.07, 6.45) is 1.81. The van der Waals surface area contributed by atoms with E-state index in [0.29, 0.717) is 28.2 Å². The van der Waals surface area contributed by atoms with Gasteiger partial charge in [-0.25, -0.2) is 4.99 Å². The third-order valence-corrected chi connectivity index (χ3v) is 7.54. The maximum Gasteiger partial charge on any atom is 0.264 e. The molecule has 4 aromatic carbocycles. The van der Waals surface area contributed by atoms with Crippen molar-refractivity contribution in [3.63, 3.8) is 0 Å². The molecule has 1 heterocycles. The van der Waals surface area contributed by atoms with E-state index in [-0.39, 0.29) is 5.91 Å². The second kappa shape index (κ2) is 10.9. The molecule has 8 heteroatoms. The number of nitrogens with zero attached hydrogens (tertiary/aromatic N) is 1. The Morgan fingerprint density at radius 3 is 2.58 bits per heavy atom. The molecule has 0 aliphatic carbocycles. The van der Waals surface area contributed by atoms with E-state index in [4.69, 9.17) is 9.47 Å². The smallest absolute Gasteiger partial charge is 0.264 e. The average molecular weight is 624 g/mol. The van der Waals surface area contributed by atoms with Gasteiger partial charge in [-0.1, -0.05) is 58.4 Å². The normalized spacial score (nSPS) is 15.5. The molecule has 0 spiro atoms. The zero-order chi connectivity index (χ0) is 25.1. The molecule has 0 radical (unpaired) electrons. The van der Waals surface area contributed by atoms with Gasteiger partial charge in [-0.3, -0.25) is 4.79 Å². The quantitative estimate of drug-likeness (QED) is 0.222. The highest BCUT2D eigenvalue weighted by Crippen LogP contribution is 2.39. The molecule has 1 amide bonds. The first kappa shape index (κ1) is 24.6. The maximum atomic E-state index is 12.5. The number of carbonyl (C=O) groups excluding carboxylic acids is 1. The summed E-state index contributed by atoms with van der Waals surface area (Å²) < 4.78 is 13.5. The lowest BCUT2D eigenvalue weighted by Gasteiger charge is -2.15. The van der Waals surface area contributed by atoms with Crippen molar-refractivity contribution in [3.05, 3.63) is 104 Å². The third kappa shape index (κ3) is 5.51. The molecule has 0 aromatic heterocycles. The first-order valence-electron chi connectivity index (χ1n) is 11.0. The summed E-state index contributed by atoms with van der Waals surface area (Å²) in [7, 11) is 1.60. The lowest BCUT2D eigenvalue weighted by Crippen LogP contribution is -2.19. The molecule has 1 N–H and O–H groups in total. The van der Waals surface area contributed by atoms with E-state index >= 15 is 0 Å². The molecule has 180 valence electrons. The van der Waals surface area contributed by atoms with Crippen LogP contribution in [0.4, 0.5) is 5.69 Å². The second-order valence-corrected chi connectivity index (χ2v) is 10.7. The number of halogens is 2. The highest BCUT2D eigenvalue weighted by atomic mass is 79.9. The van der Waals surface area contributed by atoms with Gasteiger partial charge in [0.1, 0.15) is 6.61 Å².